The van der Waals surface area contributed by atoms with Crippen molar-refractivity contribution in [2.75, 3.05) is 20.1 Å². The predicted molar refractivity (Wildman–Crippen MR) is 78.9 cm³/mol. The Bertz CT molecular complexity index is 376. The van der Waals surface area contributed by atoms with Gasteiger partial charge in [-0.3, -0.25) is 0 Å². The number of hydrogen-bond acceptors (Lipinski definition) is 3. The van der Waals surface area contributed by atoms with Crippen LogP contribution in [-0.2, 0) is 5.60 Å². The maximum Gasteiger partial charge on any atom is 0.103 e. The van der Waals surface area contributed by atoms with Crippen molar-refractivity contribution < 1.29 is 5.11 Å². The van der Waals surface area contributed by atoms with Gasteiger partial charge in [-0.15, -0.1) is 0 Å². The van der Waals surface area contributed by atoms with Gasteiger partial charge in [0.15, 0.2) is 0 Å². The van der Waals surface area contributed by atoms with Gasteiger partial charge in [0.05, 0.1) is 0 Å². The summed E-state index contributed by atoms with van der Waals surface area (Å²) >= 11 is 0. The van der Waals surface area contributed by atoms with E-state index >= 15 is 0 Å². The van der Waals surface area contributed by atoms with Crippen LogP contribution in [0.25, 0.3) is 0 Å². The maximum atomic E-state index is 10.7. The van der Waals surface area contributed by atoms with E-state index < -0.39 is 5.60 Å². The van der Waals surface area contributed by atoms with E-state index in [2.05, 4.69) is 11.9 Å². The molecule has 0 spiro atoms. The maximum absolute atomic E-state index is 10.7. The quantitative estimate of drug-likeness (QED) is 0.825. The van der Waals surface area contributed by atoms with Gasteiger partial charge in [-0.2, -0.15) is 0 Å². The molecule has 0 heterocycles. The lowest BCUT2D eigenvalue weighted by atomic mass is 9.90. The van der Waals surface area contributed by atoms with Crippen molar-refractivity contribution in [3.05, 3.63) is 35.9 Å². The number of rotatable bonds is 6. The van der Waals surface area contributed by atoms with Gasteiger partial charge in [-0.25, -0.2) is 0 Å². The summed E-state index contributed by atoms with van der Waals surface area (Å²) in [7, 11) is 2.16. The topological polar surface area (TPSA) is 49.5 Å². The summed E-state index contributed by atoms with van der Waals surface area (Å²) < 4.78 is 0. The fourth-order valence-corrected chi connectivity index (χ4v) is 3.00. The van der Waals surface area contributed by atoms with Crippen LogP contribution in [0.15, 0.2) is 30.3 Å². The highest BCUT2D eigenvalue weighted by Gasteiger charge is 2.29. The minimum Gasteiger partial charge on any atom is -0.384 e. The molecule has 3 N–H and O–H groups in total. The Morgan fingerprint density at radius 1 is 1.26 bits per heavy atom. The Hall–Kier alpha value is -0.900. The second kappa shape index (κ2) is 6.51. The van der Waals surface area contributed by atoms with Gasteiger partial charge in [0.25, 0.3) is 0 Å². The van der Waals surface area contributed by atoms with Crippen molar-refractivity contribution in [1.29, 1.82) is 0 Å². The summed E-state index contributed by atoms with van der Waals surface area (Å²) in [6.07, 6.45) is 5.97. The second-order valence-corrected chi connectivity index (χ2v) is 5.77. The van der Waals surface area contributed by atoms with E-state index in [0.717, 1.165) is 12.1 Å². The number of hydrogen-bond donors (Lipinski definition) is 2. The molecule has 1 aliphatic rings. The van der Waals surface area contributed by atoms with E-state index in [-0.39, 0.29) is 6.54 Å². The van der Waals surface area contributed by atoms with Crippen LogP contribution in [0.5, 0.6) is 0 Å². The summed E-state index contributed by atoms with van der Waals surface area (Å²) in [5.74, 6) is 0. The van der Waals surface area contributed by atoms with Crippen LogP contribution in [0.3, 0.4) is 0 Å². The number of aliphatic hydroxyl groups is 1. The fourth-order valence-electron chi connectivity index (χ4n) is 3.00. The van der Waals surface area contributed by atoms with Crippen molar-refractivity contribution in [3.8, 4) is 0 Å². The van der Waals surface area contributed by atoms with Crippen LogP contribution in [0, 0.1) is 0 Å². The molecule has 19 heavy (non-hydrogen) atoms. The molecule has 106 valence electrons. The Labute approximate surface area is 116 Å². The number of benzene rings is 1. The first-order chi connectivity index (χ1) is 9.15. The van der Waals surface area contributed by atoms with Gasteiger partial charge in [0.1, 0.15) is 5.60 Å². The molecule has 0 amide bonds. The summed E-state index contributed by atoms with van der Waals surface area (Å²) in [6, 6.07) is 10.5. The van der Waals surface area contributed by atoms with Crippen LogP contribution in [0.4, 0.5) is 0 Å². The molecule has 1 fully saturated rings. The monoisotopic (exact) mass is 262 g/mol. The van der Waals surface area contributed by atoms with E-state index in [1.807, 2.05) is 30.3 Å². The SMILES string of the molecule is CN(CCC(O)(CN)c1ccccc1)C1CCCC1. The minimum absolute atomic E-state index is 0.273. The molecular weight excluding hydrogens is 236 g/mol. The summed E-state index contributed by atoms with van der Waals surface area (Å²) in [6.45, 7) is 1.17. The molecule has 1 aromatic rings. The molecule has 0 aliphatic heterocycles. The minimum atomic E-state index is -0.895. The Balaban J connectivity index is 1.95. The van der Waals surface area contributed by atoms with E-state index in [1.165, 1.54) is 25.7 Å². The second-order valence-electron chi connectivity index (χ2n) is 5.77. The standard InChI is InChI=1S/C16H26N2O/c1-18(15-9-5-6-10-15)12-11-16(19,13-17)14-7-3-2-4-8-14/h2-4,7-8,15,19H,5-6,9-13,17H2,1H3. The lowest BCUT2D eigenvalue weighted by molar-refractivity contribution is 0.0244. The Morgan fingerprint density at radius 2 is 1.89 bits per heavy atom. The third-order valence-corrected chi connectivity index (χ3v) is 4.47. The molecule has 1 aromatic carbocycles. The van der Waals surface area contributed by atoms with Crippen molar-refractivity contribution in [3.63, 3.8) is 0 Å². The summed E-state index contributed by atoms with van der Waals surface area (Å²) in [5.41, 5.74) is 5.84. The largest absolute Gasteiger partial charge is 0.384 e. The molecule has 0 radical (unpaired) electrons. The molecule has 2 rings (SSSR count). The molecule has 0 bridgehead atoms. The summed E-state index contributed by atoms with van der Waals surface area (Å²) in [4.78, 5) is 2.39. The highest BCUT2D eigenvalue weighted by Crippen LogP contribution is 2.27. The first-order valence-electron chi connectivity index (χ1n) is 7.34. The number of nitrogens with zero attached hydrogens (tertiary/aromatic N) is 1. The lowest BCUT2D eigenvalue weighted by Crippen LogP contribution is -2.40. The molecule has 3 nitrogen and oxygen atoms in total. The third-order valence-electron chi connectivity index (χ3n) is 4.47. The fraction of sp³-hybridized carbons (Fsp3) is 0.625. The van der Waals surface area contributed by atoms with Crippen molar-refractivity contribution in [2.45, 2.75) is 43.7 Å². The van der Waals surface area contributed by atoms with E-state index in [0.29, 0.717) is 12.5 Å². The Morgan fingerprint density at radius 3 is 2.47 bits per heavy atom. The average Bonchev–Trinajstić information content (AvgIpc) is 2.99. The van der Waals surface area contributed by atoms with Gasteiger partial charge >= 0.3 is 0 Å². The van der Waals surface area contributed by atoms with Crippen molar-refractivity contribution in [2.24, 2.45) is 5.73 Å². The van der Waals surface area contributed by atoms with Crippen molar-refractivity contribution in [1.82, 2.24) is 4.90 Å². The van der Waals surface area contributed by atoms with Crippen LogP contribution in [0.1, 0.15) is 37.7 Å². The summed E-state index contributed by atoms with van der Waals surface area (Å²) in [5, 5.41) is 10.7. The van der Waals surface area contributed by atoms with Crippen LogP contribution in [-0.4, -0.2) is 36.2 Å². The van der Waals surface area contributed by atoms with Gasteiger partial charge in [-0.05, 0) is 31.9 Å². The highest BCUT2D eigenvalue weighted by molar-refractivity contribution is 5.22. The van der Waals surface area contributed by atoms with Crippen LogP contribution >= 0.6 is 0 Å². The molecule has 3 heteroatoms. The van der Waals surface area contributed by atoms with Gasteiger partial charge in [0.2, 0.25) is 0 Å². The first kappa shape index (κ1) is 14.5. The smallest absolute Gasteiger partial charge is 0.103 e. The van der Waals surface area contributed by atoms with Gasteiger partial charge < -0.3 is 15.7 Å². The normalized spacial score (nSPS) is 19.8. The van der Waals surface area contributed by atoms with Crippen molar-refractivity contribution >= 4 is 0 Å². The molecular formula is C16H26N2O. The lowest BCUT2D eigenvalue weighted by Gasteiger charge is -2.31. The van der Waals surface area contributed by atoms with Crippen LogP contribution < -0.4 is 5.73 Å². The van der Waals surface area contributed by atoms with Gasteiger partial charge in [-0.1, -0.05) is 43.2 Å². The average molecular weight is 262 g/mol. The first-order valence-corrected chi connectivity index (χ1v) is 7.34. The van der Waals surface area contributed by atoms with E-state index in [1.54, 1.807) is 0 Å². The van der Waals surface area contributed by atoms with Crippen LogP contribution in [0.2, 0.25) is 0 Å². The number of nitrogens with two attached hydrogens (primary N) is 1. The van der Waals surface area contributed by atoms with E-state index in [9.17, 15) is 5.11 Å². The van der Waals surface area contributed by atoms with E-state index in [4.69, 9.17) is 5.73 Å². The molecule has 1 saturated carbocycles. The molecule has 1 unspecified atom stereocenters. The molecule has 0 saturated heterocycles. The molecule has 1 aliphatic carbocycles. The third kappa shape index (κ3) is 3.56. The molecule has 1 atom stereocenters. The zero-order chi connectivity index (χ0) is 13.7. The molecule has 0 aromatic heterocycles. The van der Waals surface area contributed by atoms with Gasteiger partial charge in [0, 0.05) is 19.1 Å². The zero-order valence-electron chi connectivity index (χ0n) is 11.9. The highest BCUT2D eigenvalue weighted by atomic mass is 16.3. The predicted octanol–water partition coefficient (Wildman–Crippen LogP) is 2.10. The Kier molecular flexibility index (Phi) is 4.97. The zero-order valence-corrected chi connectivity index (χ0v) is 11.9.